The molecule has 208 valence electrons. The highest BCUT2D eigenvalue weighted by Crippen LogP contribution is 2.63. The van der Waals surface area contributed by atoms with Gasteiger partial charge in [-0.05, 0) is 95.4 Å². The van der Waals surface area contributed by atoms with Crippen LogP contribution >= 0.6 is 0 Å². The van der Waals surface area contributed by atoms with Crippen LogP contribution in [-0.2, 0) is 5.41 Å². The molecule has 0 unspecified atom stereocenters. The first kappa shape index (κ1) is 24.6. The summed E-state index contributed by atoms with van der Waals surface area (Å²) in [7, 11) is 0. The van der Waals surface area contributed by atoms with E-state index in [-0.39, 0.29) is 0 Å². The minimum absolute atomic E-state index is 0.417. The highest BCUT2D eigenvalue weighted by Gasteiger charge is 2.52. The van der Waals surface area contributed by atoms with E-state index in [1.807, 2.05) is 6.20 Å². The predicted octanol–water partition coefficient (Wildman–Crippen LogP) is 11.1. The summed E-state index contributed by atoms with van der Waals surface area (Å²) in [6.07, 6.45) is 1.93. The van der Waals surface area contributed by atoms with Crippen molar-refractivity contribution in [3.63, 3.8) is 0 Å². The summed E-state index contributed by atoms with van der Waals surface area (Å²) in [6, 6.07) is 58.2. The first-order chi connectivity index (χ1) is 22.3. The number of rotatable bonds is 2. The fourth-order valence-corrected chi connectivity index (χ4v) is 8.29. The average molecular weight is 570 g/mol. The highest BCUT2D eigenvalue weighted by molar-refractivity contribution is 6.02. The number of benzene rings is 7. The van der Waals surface area contributed by atoms with Crippen LogP contribution in [0.5, 0.6) is 0 Å². The molecule has 45 heavy (non-hydrogen) atoms. The van der Waals surface area contributed by atoms with Gasteiger partial charge in [-0.25, -0.2) is 0 Å². The molecule has 2 aliphatic rings. The predicted molar refractivity (Wildman–Crippen MR) is 186 cm³/mol. The molecule has 0 fully saturated rings. The molecule has 0 radical (unpaired) electrons. The van der Waals surface area contributed by atoms with Crippen LogP contribution in [0.4, 0.5) is 0 Å². The van der Waals surface area contributed by atoms with Gasteiger partial charge in [-0.3, -0.25) is 4.98 Å². The van der Waals surface area contributed by atoms with Crippen molar-refractivity contribution in [1.29, 1.82) is 0 Å². The first-order valence-corrected chi connectivity index (χ1v) is 15.6. The van der Waals surface area contributed by atoms with Crippen LogP contribution in [0.25, 0.3) is 66.2 Å². The van der Waals surface area contributed by atoms with Crippen molar-refractivity contribution in [2.45, 2.75) is 5.41 Å². The van der Waals surface area contributed by atoms with Crippen molar-refractivity contribution in [2.75, 3.05) is 0 Å². The third-order valence-corrected chi connectivity index (χ3v) is 10.1. The van der Waals surface area contributed by atoms with E-state index in [0.29, 0.717) is 0 Å². The van der Waals surface area contributed by atoms with Crippen LogP contribution in [0, 0.1) is 0 Å². The lowest BCUT2D eigenvalue weighted by atomic mass is 9.70. The molecule has 0 N–H and O–H groups in total. The zero-order chi connectivity index (χ0) is 29.5. The quantitative estimate of drug-likeness (QED) is 0.202. The summed E-state index contributed by atoms with van der Waals surface area (Å²) in [6.45, 7) is 0. The lowest BCUT2D eigenvalue weighted by Crippen LogP contribution is -2.25. The molecule has 0 saturated heterocycles. The van der Waals surface area contributed by atoms with E-state index in [9.17, 15) is 0 Å². The van der Waals surface area contributed by atoms with Gasteiger partial charge in [0.25, 0.3) is 0 Å². The summed E-state index contributed by atoms with van der Waals surface area (Å²) < 4.78 is 0. The van der Waals surface area contributed by atoms with E-state index >= 15 is 0 Å². The smallest absolute Gasteiger partial charge is 0.0753 e. The Morgan fingerprint density at radius 3 is 1.49 bits per heavy atom. The highest BCUT2D eigenvalue weighted by atomic mass is 14.7. The van der Waals surface area contributed by atoms with Gasteiger partial charge in [0.2, 0.25) is 0 Å². The van der Waals surface area contributed by atoms with E-state index < -0.39 is 5.41 Å². The topological polar surface area (TPSA) is 12.9 Å². The summed E-state index contributed by atoms with van der Waals surface area (Å²) >= 11 is 0. The van der Waals surface area contributed by atoms with Gasteiger partial charge in [-0.1, -0.05) is 140 Å². The van der Waals surface area contributed by atoms with Crippen LogP contribution in [0.2, 0.25) is 0 Å². The molecule has 8 aromatic rings. The minimum Gasteiger partial charge on any atom is -0.256 e. The number of aromatic nitrogens is 1. The first-order valence-electron chi connectivity index (χ1n) is 15.6. The number of pyridine rings is 1. The van der Waals surface area contributed by atoms with Crippen LogP contribution in [0.15, 0.2) is 164 Å². The Bertz CT molecular complexity index is 2310. The SMILES string of the molecule is c1ccc2c(c1)-c1ncccc1C21c2ccc(-c3cccc4ccccc34)cc2-c2cc(-c3cccc4ccccc34)ccc21. The lowest BCUT2D eigenvalue weighted by Gasteiger charge is -2.30. The van der Waals surface area contributed by atoms with E-state index in [4.69, 9.17) is 4.98 Å². The number of nitrogens with zero attached hydrogens (tertiary/aromatic N) is 1. The number of hydrogen-bond donors (Lipinski definition) is 0. The summed E-state index contributed by atoms with van der Waals surface area (Å²) in [5.41, 5.74) is 14.7. The molecule has 0 amide bonds. The molecule has 0 bridgehead atoms. The van der Waals surface area contributed by atoms with Gasteiger partial charge in [0.15, 0.2) is 0 Å². The average Bonchev–Trinajstić information content (AvgIpc) is 3.57. The standard InChI is InChI=1S/C44H27N/c1-3-14-32-28(10-1)12-7-17-34(32)30-21-23-40-37(26-30)38-27-31(35-18-8-13-29-11-2-4-15-33(29)35)22-24-41(38)44(40)39-19-6-5-16-36(39)43-42(44)20-9-25-45-43/h1-27H. The second-order valence-corrected chi connectivity index (χ2v) is 12.3. The van der Waals surface area contributed by atoms with Gasteiger partial charge in [0.05, 0.1) is 11.1 Å². The van der Waals surface area contributed by atoms with E-state index in [0.717, 1.165) is 5.69 Å². The maximum Gasteiger partial charge on any atom is 0.0753 e. The zero-order valence-corrected chi connectivity index (χ0v) is 24.5. The normalized spacial score (nSPS) is 13.5. The molecule has 0 aliphatic heterocycles. The van der Waals surface area contributed by atoms with Gasteiger partial charge in [-0.15, -0.1) is 0 Å². The number of fused-ring (bicyclic) bond motifs is 12. The van der Waals surface area contributed by atoms with Crippen molar-refractivity contribution in [2.24, 2.45) is 0 Å². The van der Waals surface area contributed by atoms with Crippen molar-refractivity contribution in [1.82, 2.24) is 4.98 Å². The molecule has 10 rings (SSSR count). The minimum atomic E-state index is -0.417. The summed E-state index contributed by atoms with van der Waals surface area (Å²) in [4.78, 5) is 4.96. The molecule has 1 aromatic heterocycles. The van der Waals surface area contributed by atoms with E-state index in [1.165, 1.54) is 82.7 Å². The lowest BCUT2D eigenvalue weighted by molar-refractivity contribution is 0.791. The summed E-state index contributed by atoms with van der Waals surface area (Å²) in [5, 5.41) is 5.07. The maximum atomic E-state index is 4.96. The molecule has 1 heteroatoms. The largest absolute Gasteiger partial charge is 0.256 e. The van der Waals surface area contributed by atoms with Crippen LogP contribution in [0.1, 0.15) is 22.3 Å². The van der Waals surface area contributed by atoms with E-state index in [1.54, 1.807) is 0 Å². The van der Waals surface area contributed by atoms with Crippen molar-refractivity contribution in [3.05, 3.63) is 186 Å². The molecule has 1 spiro atoms. The number of hydrogen-bond acceptors (Lipinski definition) is 1. The molecule has 0 atom stereocenters. The van der Waals surface area contributed by atoms with Gasteiger partial charge in [0, 0.05) is 11.8 Å². The molecular weight excluding hydrogens is 542 g/mol. The second kappa shape index (κ2) is 9.11. The van der Waals surface area contributed by atoms with Gasteiger partial charge >= 0.3 is 0 Å². The monoisotopic (exact) mass is 569 g/mol. The Morgan fingerprint density at radius 1 is 0.356 bits per heavy atom. The van der Waals surface area contributed by atoms with Crippen molar-refractivity contribution < 1.29 is 0 Å². The molecule has 2 aliphatic carbocycles. The Morgan fingerprint density at radius 2 is 0.844 bits per heavy atom. The Hall–Kier alpha value is -5.79. The van der Waals surface area contributed by atoms with Crippen LogP contribution in [0.3, 0.4) is 0 Å². The Kier molecular flexibility index (Phi) is 4.99. The molecule has 7 aromatic carbocycles. The Balaban J connectivity index is 1.30. The Labute approximate surface area is 262 Å². The van der Waals surface area contributed by atoms with Crippen LogP contribution < -0.4 is 0 Å². The van der Waals surface area contributed by atoms with E-state index in [2.05, 4.69) is 158 Å². The third-order valence-electron chi connectivity index (χ3n) is 10.1. The molecule has 1 nitrogen and oxygen atoms in total. The fraction of sp³-hybridized carbons (Fsp3) is 0.0227. The summed E-state index contributed by atoms with van der Waals surface area (Å²) in [5.74, 6) is 0. The molecular formula is C44H27N. The maximum absolute atomic E-state index is 4.96. The van der Waals surface area contributed by atoms with Gasteiger partial charge in [-0.2, -0.15) is 0 Å². The molecule has 1 heterocycles. The third kappa shape index (κ3) is 3.25. The van der Waals surface area contributed by atoms with Gasteiger partial charge < -0.3 is 0 Å². The zero-order valence-electron chi connectivity index (χ0n) is 24.5. The van der Waals surface area contributed by atoms with Crippen molar-refractivity contribution in [3.8, 4) is 44.6 Å². The fourth-order valence-electron chi connectivity index (χ4n) is 8.29. The van der Waals surface area contributed by atoms with Crippen LogP contribution in [-0.4, -0.2) is 4.98 Å². The second-order valence-electron chi connectivity index (χ2n) is 12.3. The molecule has 0 saturated carbocycles. The van der Waals surface area contributed by atoms with Crippen molar-refractivity contribution >= 4 is 21.5 Å². The van der Waals surface area contributed by atoms with Gasteiger partial charge in [0.1, 0.15) is 0 Å².